The Morgan fingerprint density at radius 3 is 2.68 bits per heavy atom. The van der Waals surface area contributed by atoms with Gasteiger partial charge in [-0.25, -0.2) is 9.82 Å². The second-order valence-corrected chi connectivity index (χ2v) is 8.03. The van der Waals surface area contributed by atoms with Crippen molar-refractivity contribution in [3.05, 3.63) is 108 Å². The summed E-state index contributed by atoms with van der Waals surface area (Å²) in [5.74, 6) is 0.863. The summed E-state index contributed by atoms with van der Waals surface area (Å²) in [5, 5.41) is 4.97. The Hall–Kier alpha value is -4.72. The first kappa shape index (κ1) is 25.4. The van der Waals surface area contributed by atoms with Crippen molar-refractivity contribution in [1.29, 1.82) is 0 Å². The van der Waals surface area contributed by atoms with Crippen molar-refractivity contribution in [2.75, 3.05) is 13.7 Å². The Morgan fingerprint density at radius 1 is 1.08 bits per heavy atom. The molecule has 0 bridgehead atoms. The van der Waals surface area contributed by atoms with Crippen molar-refractivity contribution < 1.29 is 23.4 Å². The number of carbonyl (C=O) groups is 1. The molecule has 8 heteroatoms. The SMILES string of the molecule is C=CCc1cc(/C=N/NC(=O)COc2cccc3cccnc23)cc(OC)c1OCc1ccc(F)cc1. The summed E-state index contributed by atoms with van der Waals surface area (Å²) in [6.45, 7) is 3.85. The van der Waals surface area contributed by atoms with E-state index in [2.05, 4.69) is 22.1 Å². The summed E-state index contributed by atoms with van der Waals surface area (Å²) in [5.41, 5.74) is 5.50. The molecule has 0 saturated heterocycles. The van der Waals surface area contributed by atoms with Gasteiger partial charge in [-0.1, -0.05) is 36.4 Å². The van der Waals surface area contributed by atoms with E-state index in [1.165, 1.54) is 18.3 Å². The van der Waals surface area contributed by atoms with Crippen molar-refractivity contribution in [1.82, 2.24) is 10.4 Å². The van der Waals surface area contributed by atoms with E-state index in [4.69, 9.17) is 14.2 Å². The number of carbonyl (C=O) groups excluding carboxylic acids is 1. The molecule has 0 spiro atoms. The first-order valence-electron chi connectivity index (χ1n) is 11.5. The number of methoxy groups -OCH3 is 1. The normalized spacial score (nSPS) is 10.9. The monoisotopic (exact) mass is 499 g/mol. The molecule has 1 N–H and O–H groups in total. The molecule has 1 amide bonds. The maximum Gasteiger partial charge on any atom is 0.277 e. The minimum atomic E-state index is -0.415. The van der Waals surface area contributed by atoms with Crippen LogP contribution in [-0.4, -0.2) is 30.8 Å². The second-order valence-electron chi connectivity index (χ2n) is 8.03. The van der Waals surface area contributed by atoms with Gasteiger partial charge in [0, 0.05) is 17.1 Å². The topological polar surface area (TPSA) is 82.0 Å². The molecule has 37 heavy (non-hydrogen) atoms. The molecular weight excluding hydrogens is 473 g/mol. The van der Waals surface area contributed by atoms with Crippen LogP contribution in [0, 0.1) is 5.82 Å². The number of para-hydroxylation sites is 1. The van der Waals surface area contributed by atoms with Gasteiger partial charge in [0.1, 0.15) is 23.7 Å². The number of ether oxygens (including phenoxy) is 3. The van der Waals surface area contributed by atoms with E-state index in [-0.39, 0.29) is 19.0 Å². The minimum Gasteiger partial charge on any atom is -0.493 e. The number of halogens is 1. The molecule has 0 aliphatic rings. The number of aromatic nitrogens is 1. The van der Waals surface area contributed by atoms with Gasteiger partial charge < -0.3 is 14.2 Å². The molecule has 0 aliphatic heterocycles. The maximum absolute atomic E-state index is 13.2. The Labute approximate surface area is 214 Å². The lowest BCUT2D eigenvalue weighted by molar-refractivity contribution is -0.123. The van der Waals surface area contributed by atoms with Gasteiger partial charge >= 0.3 is 0 Å². The van der Waals surface area contributed by atoms with Crippen LogP contribution >= 0.6 is 0 Å². The van der Waals surface area contributed by atoms with E-state index in [0.29, 0.717) is 34.7 Å². The van der Waals surface area contributed by atoms with Crippen LogP contribution < -0.4 is 19.6 Å². The van der Waals surface area contributed by atoms with Crippen LogP contribution in [0.3, 0.4) is 0 Å². The van der Waals surface area contributed by atoms with E-state index in [9.17, 15) is 9.18 Å². The third kappa shape index (κ3) is 6.70. The second kappa shape index (κ2) is 12.3. The molecule has 0 radical (unpaired) electrons. The average molecular weight is 500 g/mol. The lowest BCUT2D eigenvalue weighted by atomic mass is 10.1. The van der Waals surface area contributed by atoms with Crippen LogP contribution in [0.25, 0.3) is 10.9 Å². The average Bonchev–Trinajstić information content (AvgIpc) is 2.92. The zero-order valence-electron chi connectivity index (χ0n) is 20.3. The Balaban J connectivity index is 1.41. The van der Waals surface area contributed by atoms with Crippen molar-refractivity contribution in [3.63, 3.8) is 0 Å². The van der Waals surface area contributed by atoms with Crippen LogP contribution in [0.5, 0.6) is 17.2 Å². The molecular formula is C29H26FN3O4. The summed E-state index contributed by atoms with van der Waals surface area (Å²) in [6, 6.07) is 19.0. The number of nitrogens with one attached hydrogen (secondary N) is 1. The quantitative estimate of drug-likeness (QED) is 0.174. The van der Waals surface area contributed by atoms with Gasteiger partial charge in [0.15, 0.2) is 18.1 Å². The molecule has 1 heterocycles. The summed E-state index contributed by atoms with van der Waals surface area (Å²) in [4.78, 5) is 16.6. The number of hydrogen-bond acceptors (Lipinski definition) is 6. The summed E-state index contributed by atoms with van der Waals surface area (Å²) in [6.07, 6.45) is 5.46. The van der Waals surface area contributed by atoms with Crippen molar-refractivity contribution in [3.8, 4) is 17.2 Å². The van der Waals surface area contributed by atoms with Gasteiger partial charge in [-0.05, 0) is 53.9 Å². The zero-order chi connectivity index (χ0) is 26.0. The minimum absolute atomic E-state index is 0.214. The predicted molar refractivity (Wildman–Crippen MR) is 141 cm³/mol. The maximum atomic E-state index is 13.2. The lowest BCUT2D eigenvalue weighted by Crippen LogP contribution is -2.24. The zero-order valence-corrected chi connectivity index (χ0v) is 20.3. The number of hydrogen-bond donors (Lipinski definition) is 1. The number of fused-ring (bicyclic) bond motifs is 1. The van der Waals surface area contributed by atoms with E-state index in [1.807, 2.05) is 30.3 Å². The standard InChI is InChI=1S/C29H26FN3O4/c1-3-6-23-15-21(16-26(35-2)29(23)37-18-20-10-12-24(30)13-11-20)17-32-33-27(34)19-36-25-9-4-7-22-8-5-14-31-28(22)25/h3-5,7-17H,1,6,18-19H2,2H3,(H,33,34)/b32-17+. The molecule has 0 fully saturated rings. The van der Waals surface area contributed by atoms with E-state index >= 15 is 0 Å². The van der Waals surface area contributed by atoms with E-state index in [1.54, 1.807) is 43.6 Å². The van der Waals surface area contributed by atoms with Gasteiger partial charge in [0.05, 0.1) is 13.3 Å². The molecule has 4 rings (SSSR count). The third-order valence-corrected chi connectivity index (χ3v) is 5.39. The first-order chi connectivity index (χ1) is 18.1. The highest BCUT2D eigenvalue weighted by molar-refractivity contribution is 5.86. The van der Waals surface area contributed by atoms with Crippen molar-refractivity contribution in [2.24, 2.45) is 5.10 Å². The molecule has 3 aromatic carbocycles. The van der Waals surface area contributed by atoms with Crippen LogP contribution in [0.1, 0.15) is 16.7 Å². The molecule has 0 unspecified atom stereocenters. The van der Waals surface area contributed by atoms with Gasteiger partial charge in [0.25, 0.3) is 5.91 Å². The fraction of sp³-hybridized carbons (Fsp3) is 0.138. The van der Waals surface area contributed by atoms with Crippen LogP contribution in [0.2, 0.25) is 0 Å². The van der Waals surface area contributed by atoms with E-state index in [0.717, 1.165) is 16.5 Å². The van der Waals surface area contributed by atoms with Crippen molar-refractivity contribution in [2.45, 2.75) is 13.0 Å². The molecule has 7 nitrogen and oxygen atoms in total. The number of amides is 1. The van der Waals surface area contributed by atoms with Gasteiger partial charge in [-0.3, -0.25) is 9.78 Å². The Morgan fingerprint density at radius 2 is 1.89 bits per heavy atom. The fourth-order valence-corrected chi connectivity index (χ4v) is 3.66. The molecule has 188 valence electrons. The number of rotatable bonds is 11. The predicted octanol–water partition coefficient (Wildman–Crippen LogP) is 5.22. The molecule has 1 aromatic heterocycles. The Bertz CT molecular complexity index is 1420. The van der Waals surface area contributed by atoms with Crippen molar-refractivity contribution >= 4 is 23.0 Å². The lowest BCUT2D eigenvalue weighted by Gasteiger charge is -2.16. The smallest absolute Gasteiger partial charge is 0.277 e. The van der Waals surface area contributed by atoms with Crippen LogP contribution in [0.15, 0.2) is 90.7 Å². The molecule has 4 aromatic rings. The highest BCUT2D eigenvalue weighted by atomic mass is 19.1. The number of benzene rings is 3. The van der Waals surface area contributed by atoms with Gasteiger partial charge in [-0.15, -0.1) is 6.58 Å². The number of hydrazone groups is 1. The molecule has 0 atom stereocenters. The Kier molecular flexibility index (Phi) is 8.44. The summed E-state index contributed by atoms with van der Waals surface area (Å²) in [7, 11) is 1.54. The first-order valence-corrected chi connectivity index (χ1v) is 11.5. The van der Waals surface area contributed by atoms with Crippen LogP contribution in [0.4, 0.5) is 4.39 Å². The fourth-order valence-electron chi connectivity index (χ4n) is 3.66. The van der Waals surface area contributed by atoms with E-state index < -0.39 is 5.91 Å². The number of allylic oxidation sites excluding steroid dienone is 1. The highest BCUT2D eigenvalue weighted by Gasteiger charge is 2.13. The van der Waals surface area contributed by atoms with Crippen LogP contribution in [-0.2, 0) is 17.8 Å². The number of nitrogens with zero attached hydrogens (tertiary/aromatic N) is 2. The molecule has 0 saturated carbocycles. The largest absolute Gasteiger partial charge is 0.493 e. The highest BCUT2D eigenvalue weighted by Crippen LogP contribution is 2.34. The third-order valence-electron chi connectivity index (χ3n) is 5.39. The summed E-state index contributed by atoms with van der Waals surface area (Å²) >= 11 is 0. The summed E-state index contributed by atoms with van der Waals surface area (Å²) < 4.78 is 30.4. The van der Waals surface area contributed by atoms with Gasteiger partial charge in [0.2, 0.25) is 0 Å². The number of pyridine rings is 1. The molecule has 0 aliphatic carbocycles. The van der Waals surface area contributed by atoms with Gasteiger partial charge in [-0.2, -0.15) is 5.10 Å².